The lowest BCUT2D eigenvalue weighted by atomic mass is 10.3. The molecule has 3 aromatic rings. The van der Waals surface area contributed by atoms with Gasteiger partial charge in [-0.25, -0.2) is 0 Å². The molecule has 0 atom stereocenters. The van der Waals surface area contributed by atoms with Crippen LogP contribution in [0, 0.1) is 0 Å². The molecule has 0 spiro atoms. The Hall–Kier alpha value is -2.37. The second-order valence-electron chi connectivity index (χ2n) is 5.19. The summed E-state index contributed by atoms with van der Waals surface area (Å²) >= 11 is 2.16. The van der Waals surface area contributed by atoms with Crippen LogP contribution in [-0.4, -0.2) is 40.3 Å². The Morgan fingerprint density at radius 3 is 2.44 bits per heavy atom. The second kappa shape index (κ2) is 7.71. The first kappa shape index (κ1) is 19.4. The van der Waals surface area contributed by atoms with E-state index in [0.717, 1.165) is 22.7 Å². The smallest absolute Gasteiger partial charge is 0.325 e. The Bertz CT molecular complexity index is 1140. The van der Waals surface area contributed by atoms with Gasteiger partial charge in [-0.1, -0.05) is 17.4 Å². The van der Waals surface area contributed by atoms with Crippen molar-refractivity contribution in [3.8, 4) is 11.5 Å². The van der Waals surface area contributed by atoms with Crippen molar-refractivity contribution in [1.82, 2.24) is 4.57 Å². The van der Waals surface area contributed by atoms with E-state index < -0.39 is 16.0 Å². The Morgan fingerprint density at radius 1 is 1.15 bits per heavy atom. The van der Waals surface area contributed by atoms with Crippen LogP contribution in [0.25, 0.3) is 10.2 Å². The van der Waals surface area contributed by atoms with Crippen molar-refractivity contribution < 1.29 is 27.4 Å². The van der Waals surface area contributed by atoms with Crippen LogP contribution in [0.5, 0.6) is 11.5 Å². The number of aromatic nitrogens is 1. The number of hydrogen-bond acceptors (Lipinski definition) is 8. The standard InChI is InChI=1S/C16H16N2O6S3/c1-22-10-6-7-11(23-2)15-14(10)18(9-12(19)24-3)16(26-15)17-27(20,21)13-5-4-8-25-13/h4-8H,9H2,1-3H3. The van der Waals surface area contributed by atoms with Crippen LogP contribution in [0.3, 0.4) is 0 Å². The van der Waals surface area contributed by atoms with Gasteiger partial charge in [0.2, 0.25) is 4.80 Å². The van der Waals surface area contributed by atoms with E-state index in [1.165, 1.54) is 32.0 Å². The molecule has 0 fully saturated rings. The zero-order valence-electron chi connectivity index (χ0n) is 14.7. The van der Waals surface area contributed by atoms with Crippen molar-refractivity contribution in [2.75, 3.05) is 21.3 Å². The van der Waals surface area contributed by atoms with Gasteiger partial charge in [0.15, 0.2) is 0 Å². The van der Waals surface area contributed by atoms with E-state index in [-0.39, 0.29) is 15.6 Å². The van der Waals surface area contributed by atoms with Crippen molar-refractivity contribution in [1.29, 1.82) is 0 Å². The monoisotopic (exact) mass is 428 g/mol. The number of fused-ring (bicyclic) bond motifs is 1. The zero-order chi connectivity index (χ0) is 19.6. The minimum absolute atomic E-state index is 0.114. The van der Waals surface area contributed by atoms with Crippen LogP contribution in [0.1, 0.15) is 0 Å². The first-order chi connectivity index (χ1) is 12.9. The summed E-state index contributed by atoms with van der Waals surface area (Å²) in [5.74, 6) is 0.430. The Morgan fingerprint density at radius 2 is 1.85 bits per heavy atom. The van der Waals surface area contributed by atoms with Gasteiger partial charge in [-0.3, -0.25) is 4.79 Å². The molecule has 0 saturated heterocycles. The molecule has 8 nitrogen and oxygen atoms in total. The van der Waals surface area contributed by atoms with Crippen molar-refractivity contribution in [3.63, 3.8) is 0 Å². The number of carbonyl (C=O) groups is 1. The third kappa shape index (κ3) is 3.70. The van der Waals surface area contributed by atoms with E-state index in [4.69, 9.17) is 14.2 Å². The molecule has 144 valence electrons. The Kier molecular flexibility index (Phi) is 5.53. The summed E-state index contributed by atoms with van der Waals surface area (Å²) in [6.07, 6.45) is 0. The fraction of sp³-hybridized carbons (Fsp3) is 0.250. The van der Waals surface area contributed by atoms with Gasteiger partial charge in [-0.15, -0.1) is 15.7 Å². The molecule has 0 saturated carbocycles. The van der Waals surface area contributed by atoms with Crippen LogP contribution in [0.2, 0.25) is 0 Å². The predicted molar refractivity (Wildman–Crippen MR) is 102 cm³/mol. The van der Waals surface area contributed by atoms with Crippen LogP contribution in [-0.2, 0) is 26.1 Å². The SMILES string of the molecule is COC(=O)Cn1c(=NS(=O)(=O)c2cccs2)sc2c(OC)ccc(OC)c21. The van der Waals surface area contributed by atoms with Crippen LogP contribution in [0.15, 0.2) is 38.3 Å². The fourth-order valence-corrected chi connectivity index (χ4v) is 5.73. The molecule has 27 heavy (non-hydrogen) atoms. The molecule has 1 aromatic carbocycles. The fourth-order valence-electron chi connectivity index (χ4n) is 2.42. The van der Waals surface area contributed by atoms with E-state index in [1.807, 2.05) is 0 Å². The average molecular weight is 429 g/mol. The molecule has 0 radical (unpaired) electrons. The molecule has 0 N–H and O–H groups in total. The van der Waals surface area contributed by atoms with Gasteiger partial charge in [0.25, 0.3) is 10.0 Å². The number of nitrogens with zero attached hydrogens (tertiary/aromatic N) is 2. The van der Waals surface area contributed by atoms with E-state index in [2.05, 4.69) is 4.40 Å². The number of benzene rings is 1. The molecule has 2 aromatic heterocycles. The van der Waals surface area contributed by atoms with Gasteiger partial charge >= 0.3 is 5.97 Å². The number of sulfonamides is 1. The van der Waals surface area contributed by atoms with E-state index in [0.29, 0.717) is 21.7 Å². The summed E-state index contributed by atoms with van der Waals surface area (Å²) < 4.78 is 46.9. The van der Waals surface area contributed by atoms with Gasteiger partial charge in [0, 0.05) is 0 Å². The summed E-state index contributed by atoms with van der Waals surface area (Å²) in [7, 11) is 0.327. The Balaban J connectivity index is 2.36. The van der Waals surface area contributed by atoms with Gasteiger partial charge < -0.3 is 18.8 Å². The topological polar surface area (TPSA) is 96.2 Å². The maximum absolute atomic E-state index is 12.6. The minimum atomic E-state index is -3.92. The molecule has 0 aliphatic heterocycles. The van der Waals surface area contributed by atoms with E-state index in [1.54, 1.807) is 23.6 Å². The number of ether oxygens (including phenoxy) is 3. The highest BCUT2D eigenvalue weighted by Gasteiger charge is 2.21. The number of esters is 1. The summed E-state index contributed by atoms with van der Waals surface area (Å²) in [5.41, 5.74) is 0.507. The van der Waals surface area contributed by atoms with Gasteiger partial charge in [-0.05, 0) is 23.6 Å². The van der Waals surface area contributed by atoms with Gasteiger partial charge in [-0.2, -0.15) is 8.42 Å². The van der Waals surface area contributed by atoms with E-state index >= 15 is 0 Å². The summed E-state index contributed by atoms with van der Waals surface area (Å²) in [6.45, 7) is -0.223. The quantitative estimate of drug-likeness (QED) is 0.559. The highest BCUT2D eigenvalue weighted by atomic mass is 32.2. The van der Waals surface area contributed by atoms with Crippen LogP contribution in [0.4, 0.5) is 0 Å². The third-order valence-corrected chi connectivity index (χ3v) is 7.50. The van der Waals surface area contributed by atoms with Crippen molar-refractivity contribution in [2.45, 2.75) is 10.8 Å². The molecule has 0 amide bonds. The number of methoxy groups -OCH3 is 3. The third-order valence-electron chi connectivity index (χ3n) is 3.65. The molecule has 0 aliphatic rings. The first-order valence-corrected chi connectivity index (χ1v) is 10.7. The molecule has 3 rings (SSSR count). The van der Waals surface area contributed by atoms with Crippen molar-refractivity contribution >= 4 is 48.9 Å². The van der Waals surface area contributed by atoms with Crippen molar-refractivity contribution in [3.05, 3.63) is 34.4 Å². The average Bonchev–Trinajstić information content (AvgIpc) is 3.30. The number of rotatable bonds is 6. The normalized spacial score (nSPS) is 12.3. The summed E-state index contributed by atoms with van der Waals surface area (Å²) in [5, 5.41) is 1.65. The molecule has 0 bridgehead atoms. The molecular formula is C16H16N2O6S3. The summed E-state index contributed by atoms with van der Waals surface area (Å²) in [4.78, 5) is 12.0. The second-order valence-corrected chi connectivity index (χ2v) is 8.95. The maximum atomic E-state index is 12.6. The van der Waals surface area contributed by atoms with Crippen LogP contribution >= 0.6 is 22.7 Å². The molecular weight excluding hydrogens is 412 g/mol. The lowest BCUT2D eigenvalue weighted by Gasteiger charge is -2.09. The maximum Gasteiger partial charge on any atom is 0.325 e. The largest absolute Gasteiger partial charge is 0.495 e. The minimum Gasteiger partial charge on any atom is -0.495 e. The molecule has 11 heteroatoms. The molecule has 0 aliphatic carbocycles. The zero-order valence-corrected chi connectivity index (χ0v) is 17.1. The van der Waals surface area contributed by atoms with Crippen molar-refractivity contribution in [2.24, 2.45) is 4.40 Å². The number of hydrogen-bond donors (Lipinski definition) is 0. The summed E-state index contributed by atoms with van der Waals surface area (Å²) in [6, 6.07) is 6.49. The number of thiophene rings is 1. The highest BCUT2D eigenvalue weighted by molar-refractivity contribution is 7.92. The lowest BCUT2D eigenvalue weighted by Crippen LogP contribution is -2.22. The van der Waals surface area contributed by atoms with Gasteiger partial charge in [0.1, 0.15) is 32.5 Å². The van der Waals surface area contributed by atoms with Crippen LogP contribution < -0.4 is 14.3 Å². The number of carbonyl (C=O) groups excluding carboxylic acids is 1. The molecule has 2 heterocycles. The highest BCUT2D eigenvalue weighted by Crippen LogP contribution is 2.35. The Labute approximate surface area is 163 Å². The van der Waals surface area contributed by atoms with Gasteiger partial charge in [0.05, 0.1) is 21.3 Å². The first-order valence-electron chi connectivity index (χ1n) is 7.57. The lowest BCUT2D eigenvalue weighted by molar-refractivity contribution is -0.141. The predicted octanol–water partition coefficient (Wildman–Crippen LogP) is 2.24. The van der Waals surface area contributed by atoms with E-state index in [9.17, 15) is 13.2 Å². The number of thiazole rings is 1. The molecule has 0 unspecified atom stereocenters.